The second-order valence-corrected chi connectivity index (χ2v) is 4.30. The fraction of sp³-hybridized carbons (Fsp3) is 0.636. The van der Waals surface area contributed by atoms with Gasteiger partial charge in [0.1, 0.15) is 0 Å². The summed E-state index contributed by atoms with van der Waals surface area (Å²) in [4.78, 5) is 11.3. The lowest BCUT2D eigenvalue weighted by Crippen LogP contribution is -2.32. The van der Waals surface area contributed by atoms with E-state index in [9.17, 15) is 4.79 Å². The molecule has 0 aliphatic carbocycles. The van der Waals surface area contributed by atoms with Gasteiger partial charge in [-0.1, -0.05) is 0 Å². The highest BCUT2D eigenvalue weighted by Gasteiger charge is 2.16. The quantitative estimate of drug-likeness (QED) is 0.767. The molecule has 1 aromatic rings. The monoisotopic (exact) mass is 222 g/mol. The number of amides is 1. The highest BCUT2D eigenvalue weighted by molar-refractivity contribution is 5.76. The van der Waals surface area contributed by atoms with Crippen LogP contribution < -0.4 is 10.6 Å². The summed E-state index contributed by atoms with van der Waals surface area (Å²) >= 11 is 0. The Labute approximate surface area is 95.2 Å². The zero-order valence-corrected chi connectivity index (χ0v) is 9.57. The van der Waals surface area contributed by atoms with Crippen LogP contribution in [0.3, 0.4) is 0 Å². The molecule has 1 fully saturated rings. The molecule has 16 heavy (non-hydrogen) atoms. The smallest absolute Gasteiger partial charge is 0.221 e. The van der Waals surface area contributed by atoms with Gasteiger partial charge in [-0.3, -0.25) is 9.48 Å². The Balaban J connectivity index is 1.82. The zero-order chi connectivity index (χ0) is 11.4. The van der Waals surface area contributed by atoms with Gasteiger partial charge >= 0.3 is 0 Å². The molecular formula is C11H18N4O. The number of aryl methyl sites for hydroxylation is 1. The molecule has 5 heteroatoms. The highest BCUT2D eigenvalue weighted by atomic mass is 16.1. The number of hydrogen-bond donors (Lipinski definition) is 2. The maximum absolute atomic E-state index is 11.3. The fourth-order valence-electron chi connectivity index (χ4n) is 1.97. The first-order valence-electron chi connectivity index (χ1n) is 5.71. The molecule has 1 atom stereocenters. The van der Waals surface area contributed by atoms with Gasteiger partial charge < -0.3 is 10.6 Å². The van der Waals surface area contributed by atoms with Crippen molar-refractivity contribution >= 4 is 5.91 Å². The van der Waals surface area contributed by atoms with Gasteiger partial charge in [-0.15, -0.1) is 0 Å². The van der Waals surface area contributed by atoms with E-state index in [1.807, 2.05) is 19.4 Å². The van der Waals surface area contributed by atoms with E-state index in [2.05, 4.69) is 15.7 Å². The van der Waals surface area contributed by atoms with E-state index in [1.54, 1.807) is 4.68 Å². The summed E-state index contributed by atoms with van der Waals surface area (Å²) in [6.07, 6.45) is 6.53. The van der Waals surface area contributed by atoms with Crippen LogP contribution in [0.4, 0.5) is 0 Å². The van der Waals surface area contributed by atoms with E-state index in [-0.39, 0.29) is 5.91 Å². The van der Waals surface area contributed by atoms with Gasteiger partial charge in [0.2, 0.25) is 5.91 Å². The van der Waals surface area contributed by atoms with Crippen molar-refractivity contribution in [2.75, 3.05) is 6.54 Å². The van der Waals surface area contributed by atoms with E-state index in [0.717, 1.165) is 31.5 Å². The first kappa shape index (κ1) is 11.1. The molecule has 2 heterocycles. The predicted octanol–water partition coefficient (Wildman–Crippen LogP) is 0.178. The summed E-state index contributed by atoms with van der Waals surface area (Å²) in [5, 5.41) is 10.4. The van der Waals surface area contributed by atoms with Crippen LogP contribution in [0, 0.1) is 0 Å². The lowest BCUT2D eigenvalue weighted by Gasteiger charge is -2.13. The maximum Gasteiger partial charge on any atom is 0.221 e. The number of nitrogens with zero attached hydrogens (tertiary/aromatic N) is 2. The maximum atomic E-state index is 11.3. The molecule has 0 bridgehead atoms. The van der Waals surface area contributed by atoms with Crippen LogP contribution in [0.25, 0.3) is 0 Å². The van der Waals surface area contributed by atoms with Crippen molar-refractivity contribution in [1.82, 2.24) is 20.4 Å². The molecule has 0 radical (unpaired) electrons. The van der Waals surface area contributed by atoms with E-state index < -0.39 is 0 Å². The minimum Gasteiger partial charge on any atom is -0.356 e. The first-order valence-corrected chi connectivity index (χ1v) is 5.71. The summed E-state index contributed by atoms with van der Waals surface area (Å²) in [7, 11) is 1.91. The molecule has 5 nitrogen and oxygen atoms in total. The first-order chi connectivity index (χ1) is 7.74. The van der Waals surface area contributed by atoms with Crippen molar-refractivity contribution in [3.63, 3.8) is 0 Å². The lowest BCUT2D eigenvalue weighted by molar-refractivity contribution is -0.121. The van der Waals surface area contributed by atoms with Gasteiger partial charge in [0.05, 0.1) is 6.20 Å². The molecule has 1 aromatic heterocycles. The van der Waals surface area contributed by atoms with E-state index in [1.165, 1.54) is 0 Å². The molecule has 0 spiro atoms. The molecule has 0 aromatic carbocycles. The van der Waals surface area contributed by atoms with Gasteiger partial charge in [-0.05, 0) is 12.8 Å². The van der Waals surface area contributed by atoms with Crippen molar-refractivity contribution < 1.29 is 4.79 Å². The van der Waals surface area contributed by atoms with Crippen LogP contribution in [-0.4, -0.2) is 28.3 Å². The third kappa shape index (κ3) is 3.06. The average Bonchev–Trinajstić information content (AvgIpc) is 2.55. The van der Waals surface area contributed by atoms with Crippen LogP contribution in [0.1, 0.15) is 24.8 Å². The van der Waals surface area contributed by atoms with Crippen molar-refractivity contribution in [2.45, 2.75) is 31.8 Å². The van der Waals surface area contributed by atoms with Gasteiger partial charge in [0, 0.05) is 44.4 Å². The number of aromatic nitrogens is 2. The van der Waals surface area contributed by atoms with Crippen LogP contribution in [0.15, 0.2) is 12.4 Å². The fourth-order valence-corrected chi connectivity index (χ4v) is 1.97. The Morgan fingerprint density at radius 2 is 2.56 bits per heavy atom. The zero-order valence-electron chi connectivity index (χ0n) is 9.57. The normalized spacial score (nSPS) is 21.6. The third-order valence-electron chi connectivity index (χ3n) is 2.84. The van der Waals surface area contributed by atoms with E-state index in [4.69, 9.17) is 0 Å². The topological polar surface area (TPSA) is 59.0 Å². The second kappa shape index (κ2) is 5.12. The SMILES string of the molecule is Cn1cc(CNC2CCCNC(=O)C2)cn1. The number of rotatable bonds is 3. The molecule has 88 valence electrons. The predicted molar refractivity (Wildman–Crippen MR) is 60.7 cm³/mol. The second-order valence-electron chi connectivity index (χ2n) is 4.30. The molecule has 1 aliphatic heterocycles. The van der Waals surface area contributed by atoms with Crippen molar-refractivity contribution in [2.24, 2.45) is 7.05 Å². The number of carbonyl (C=O) groups is 1. The Morgan fingerprint density at radius 3 is 3.31 bits per heavy atom. The number of carbonyl (C=O) groups excluding carboxylic acids is 1. The Kier molecular flexibility index (Phi) is 3.56. The van der Waals surface area contributed by atoms with Crippen LogP contribution in [0.2, 0.25) is 0 Å². The van der Waals surface area contributed by atoms with Gasteiger partial charge in [0.15, 0.2) is 0 Å². The third-order valence-corrected chi connectivity index (χ3v) is 2.84. The van der Waals surface area contributed by atoms with Crippen LogP contribution in [-0.2, 0) is 18.4 Å². The van der Waals surface area contributed by atoms with Crippen molar-refractivity contribution in [3.8, 4) is 0 Å². The standard InChI is InChI=1S/C11H18N4O/c1-15-8-9(7-14-15)6-13-10-3-2-4-12-11(16)5-10/h7-8,10,13H,2-6H2,1H3,(H,12,16). The molecule has 1 unspecified atom stereocenters. The van der Waals surface area contributed by atoms with E-state index in [0.29, 0.717) is 12.5 Å². The summed E-state index contributed by atoms with van der Waals surface area (Å²) in [5.74, 6) is 0.154. The molecule has 1 aliphatic rings. The summed E-state index contributed by atoms with van der Waals surface area (Å²) in [5.41, 5.74) is 1.16. The van der Waals surface area contributed by atoms with Gasteiger partial charge in [-0.25, -0.2) is 0 Å². The summed E-state index contributed by atoms with van der Waals surface area (Å²) < 4.78 is 1.79. The Hall–Kier alpha value is -1.36. The Bertz CT molecular complexity index is 361. The van der Waals surface area contributed by atoms with Crippen LogP contribution >= 0.6 is 0 Å². The molecular weight excluding hydrogens is 204 g/mol. The Morgan fingerprint density at radius 1 is 1.69 bits per heavy atom. The van der Waals surface area contributed by atoms with Gasteiger partial charge in [-0.2, -0.15) is 5.10 Å². The average molecular weight is 222 g/mol. The molecule has 0 saturated carbocycles. The highest BCUT2D eigenvalue weighted by Crippen LogP contribution is 2.07. The van der Waals surface area contributed by atoms with E-state index >= 15 is 0 Å². The molecule has 2 rings (SSSR count). The van der Waals surface area contributed by atoms with Crippen LogP contribution in [0.5, 0.6) is 0 Å². The largest absolute Gasteiger partial charge is 0.356 e. The molecule has 1 amide bonds. The minimum absolute atomic E-state index is 0.154. The van der Waals surface area contributed by atoms with Gasteiger partial charge in [0.25, 0.3) is 0 Å². The number of hydrogen-bond acceptors (Lipinski definition) is 3. The summed E-state index contributed by atoms with van der Waals surface area (Å²) in [6, 6.07) is 0.294. The molecule has 2 N–H and O–H groups in total. The number of nitrogens with one attached hydrogen (secondary N) is 2. The van der Waals surface area contributed by atoms with Crippen molar-refractivity contribution in [1.29, 1.82) is 0 Å². The van der Waals surface area contributed by atoms with Crippen molar-refractivity contribution in [3.05, 3.63) is 18.0 Å². The minimum atomic E-state index is 0.154. The summed E-state index contributed by atoms with van der Waals surface area (Å²) in [6.45, 7) is 1.59. The molecule has 1 saturated heterocycles. The lowest BCUT2D eigenvalue weighted by atomic mass is 10.1.